The number of carbonyl (C=O) groups is 2. The molecule has 0 saturated heterocycles. The Morgan fingerprint density at radius 3 is 2.61 bits per heavy atom. The van der Waals surface area contributed by atoms with E-state index in [1.54, 1.807) is 32.9 Å². The van der Waals surface area contributed by atoms with Crippen LogP contribution < -0.4 is 10.0 Å². The molecule has 154 valence electrons. The summed E-state index contributed by atoms with van der Waals surface area (Å²) in [7, 11) is -3.50. The Hall–Kier alpha value is -2.13. The number of rotatable bonds is 6. The third-order valence-corrected chi connectivity index (χ3v) is 6.66. The lowest BCUT2D eigenvalue weighted by Crippen LogP contribution is -2.41. The summed E-state index contributed by atoms with van der Waals surface area (Å²) < 4.78 is 38.0. The molecule has 9 heteroatoms. The summed E-state index contributed by atoms with van der Waals surface area (Å²) in [6.07, 6.45) is 0.639. The molecule has 2 aliphatic rings. The van der Waals surface area contributed by atoms with Crippen LogP contribution in [0, 0.1) is 6.92 Å². The first-order valence-corrected chi connectivity index (χ1v) is 10.8. The van der Waals surface area contributed by atoms with Crippen molar-refractivity contribution >= 4 is 22.1 Å². The third-order valence-electron chi connectivity index (χ3n) is 4.70. The van der Waals surface area contributed by atoms with Crippen molar-refractivity contribution in [1.29, 1.82) is 0 Å². The van der Waals surface area contributed by atoms with Gasteiger partial charge in [0, 0.05) is 12.1 Å². The summed E-state index contributed by atoms with van der Waals surface area (Å²) in [6, 6.07) is 2.66. The number of hydrogen-bond donors (Lipinski definition) is 2. The van der Waals surface area contributed by atoms with Gasteiger partial charge in [-0.3, -0.25) is 0 Å². The third kappa shape index (κ3) is 4.64. The fourth-order valence-electron chi connectivity index (χ4n) is 3.13. The van der Waals surface area contributed by atoms with E-state index < -0.39 is 33.0 Å². The highest BCUT2D eigenvalue weighted by atomic mass is 32.2. The molecule has 1 atom stereocenters. The second-order valence-corrected chi connectivity index (χ2v) is 10.2. The minimum atomic E-state index is -3.50. The van der Waals surface area contributed by atoms with Crippen LogP contribution in [0.2, 0.25) is 0 Å². The van der Waals surface area contributed by atoms with E-state index in [0.29, 0.717) is 24.0 Å². The van der Waals surface area contributed by atoms with Crippen LogP contribution in [0.25, 0.3) is 0 Å². The van der Waals surface area contributed by atoms with Crippen LogP contribution in [0.3, 0.4) is 0 Å². The summed E-state index contributed by atoms with van der Waals surface area (Å²) in [5.41, 5.74) is 2.05. The molecule has 3 rings (SSSR count). The van der Waals surface area contributed by atoms with Crippen molar-refractivity contribution in [2.45, 2.75) is 64.0 Å². The molecule has 1 heterocycles. The second-order valence-electron chi connectivity index (χ2n) is 8.18. The standard InChI is InChI=1S/C19H26N2O6S/c1-11-13(7-8-14-15(11)10-26-17(14)22)16(21-28(24,25)12-5-6-12)9-20-18(23)27-19(2,3)4/h7-8,12,16,21H,5-6,9-10H2,1-4H3,(H,20,23). The Labute approximate surface area is 165 Å². The normalized spacial score (nSPS) is 17.6. The first-order valence-electron chi connectivity index (χ1n) is 9.25. The average Bonchev–Trinajstić information content (AvgIpc) is 3.36. The van der Waals surface area contributed by atoms with Crippen LogP contribution in [0.4, 0.5) is 4.79 Å². The van der Waals surface area contributed by atoms with Crippen molar-refractivity contribution < 1.29 is 27.5 Å². The Kier molecular flexibility index (Phi) is 5.42. The van der Waals surface area contributed by atoms with Gasteiger partial charge in [0.2, 0.25) is 10.0 Å². The summed E-state index contributed by atoms with van der Waals surface area (Å²) in [6.45, 7) is 7.26. The van der Waals surface area contributed by atoms with Gasteiger partial charge in [0.1, 0.15) is 12.2 Å². The lowest BCUT2D eigenvalue weighted by molar-refractivity contribution is 0.0517. The zero-order valence-corrected chi connectivity index (χ0v) is 17.3. The molecule has 0 bridgehead atoms. The van der Waals surface area contributed by atoms with Gasteiger partial charge in [-0.1, -0.05) is 6.07 Å². The Morgan fingerprint density at radius 2 is 2.00 bits per heavy atom. The molecule has 1 aromatic rings. The van der Waals surface area contributed by atoms with Crippen molar-refractivity contribution in [3.05, 3.63) is 34.4 Å². The summed E-state index contributed by atoms with van der Waals surface area (Å²) in [5, 5.41) is 2.24. The van der Waals surface area contributed by atoms with Crippen LogP contribution in [0.5, 0.6) is 0 Å². The molecule has 0 spiro atoms. The van der Waals surface area contributed by atoms with Gasteiger partial charge >= 0.3 is 12.1 Å². The molecule has 2 N–H and O–H groups in total. The van der Waals surface area contributed by atoms with Crippen LogP contribution in [-0.2, 0) is 26.1 Å². The molecule has 1 amide bonds. The summed E-state index contributed by atoms with van der Waals surface area (Å²) in [5.74, 6) is -0.383. The van der Waals surface area contributed by atoms with Gasteiger partial charge in [0.05, 0.1) is 16.9 Å². The minimum Gasteiger partial charge on any atom is -0.457 e. The molecule has 1 aromatic carbocycles. The van der Waals surface area contributed by atoms with E-state index in [2.05, 4.69) is 10.0 Å². The van der Waals surface area contributed by atoms with Crippen LogP contribution in [0.15, 0.2) is 12.1 Å². The number of benzene rings is 1. The van der Waals surface area contributed by atoms with Crippen molar-refractivity contribution in [2.75, 3.05) is 6.54 Å². The number of carbonyl (C=O) groups excluding carboxylic acids is 2. The molecule has 1 unspecified atom stereocenters. The molecule has 0 radical (unpaired) electrons. The zero-order valence-electron chi connectivity index (χ0n) is 16.5. The van der Waals surface area contributed by atoms with Gasteiger partial charge in [-0.2, -0.15) is 0 Å². The number of hydrogen-bond acceptors (Lipinski definition) is 6. The smallest absolute Gasteiger partial charge is 0.407 e. The van der Waals surface area contributed by atoms with Gasteiger partial charge in [0.15, 0.2) is 0 Å². The van der Waals surface area contributed by atoms with Crippen LogP contribution >= 0.6 is 0 Å². The molecule has 1 fully saturated rings. The van der Waals surface area contributed by atoms with Crippen molar-refractivity contribution in [3.8, 4) is 0 Å². The topological polar surface area (TPSA) is 111 Å². The van der Waals surface area contributed by atoms with Gasteiger partial charge < -0.3 is 14.8 Å². The monoisotopic (exact) mass is 410 g/mol. The van der Waals surface area contributed by atoms with Crippen LogP contribution in [-0.4, -0.2) is 37.9 Å². The predicted octanol–water partition coefficient (Wildman–Crippen LogP) is 2.31. The number of nitrogens with one attached hydrogen (secondary N) is 2. The average molecular weight is 410 g/mol. The molecule has 8 nitrogen and oxygen atoms in total. The van der Waals surface area contributed by atoms with Gasteiger partial charge in [-0.15, -0.1) is 0 Å². The van der Waals surface area contributed by atoms with E-state index in [1.165, 1.54) is 0 Å². The quantitative estimate of drug-likeness (QED) is 0.696. The van der Waals surface area contributed by atoms with E-state index in [0.717, 1.165) is 11.1 Å². The Balaban J connectivity index is 1.84. The Bertz CT molecular complexity index is 900. The SMILES string of the molecule is Cc1c(C(CNC(=O)OC(C)(C)C)NS(=O)(=O)C2CC2)ccc2c1COC2=O. The van der Waals surface area contributed by atoms with E-state index in [-0.39, 0.29) is 19.1 Å². The first kappa shape index (κ1) is 20.6. The lowest BCUT2D eigenvalue weighted by Gasteiger charge is -2.24. The second kappa shape index (κ2) is 7.36. The lowest BCUT2D eigenvalue weighted by atomic mass is 9.94. The zero-order chi connectivity index (χ0) is 20.7. The maximum absolute atomic E-state index is 12.5. The highest BCUT2D eigenvalue weighted by Gasteiger charge is 2.38. The fourth-order valence-corrected chi connectivity index (χ4v) is 4.69. The molecule has 1 aliphatic carbocycles. The van der Waals surface area contributed by atoms with E-state index in [1.807, 2.05) is 6.92 Å². The van der Waals surface area contributed by atoms with Gasteiger partial charge in [0.25, 0.3) is 0 Å². The molecular formula is C19H26N2O6S. The van der Waals surface area contributed by atoms with E-state index in [9.17, 15) is 18.0 Å². The van der Waals surface area contributed by atoms with E-state index >= 15 is 0 Å². The number of esters is 1. The van der Waals surface area contributed by atoms with Gasteiger partial charge in [-0.05, 0) is 57.7 Å². The molecule has 1 saturated carbocycles. The van der Waals surface area contributed by atoms with Crippen molar-refractivity contribution in [2.24, 2.45) is 0 Å². The van der Waals surface area contributed by atoms with Crippen LogP contribution in [0.1, 0.15) is 66.7 Å². The predicted molar refractivity (Wildman–Crippen MR) is 102 cm³/mol. The molecule has 28 heavy (non-hydrogen) atoms. The highest BCUT2D eigenvalue weighted by molar-refractivity contribution is 7.90. The summed E-state index contributed by atoms with van der Waals surface area (Å²) in [4.78, 5) is 23.8. The highest BCUT2D eigenvalue weighted by Crippen LogP contribution is 2.32. The minimum absolute atomic E-state index is 0.0231. The molecule has 1 aliphatic heterocycles. The Morgan fingerprint density at radius 1 is 1.32 bits per heavy atom. The number of cyclic esters (lactones) is 1. The number of amides is 1. The molecule has 0 aromatic heterocycles. The maximum Gasteiger partial charge on any atom is 0.407 e. The number of ether oxygens (including phenoxy) is 2. The maximum atomic E-state index is 12.5. The number of sulfonamides is 1. The van der Waals surface area contributed by atoms with Gasteiger partial charge in [-0.25, -0.2) is 22.7 Å². The first-order chi connectivity index (χ1) is 13.0. The molecular weight excluding hydrogens is 384 g/mol. The fraction of sp³-hybridized carbons (Fsp3) is 0.579. The summed E-state index contributed by atoms with van der Waals surface area (Å²) >= 11 is 0. The number of alkyl carbamates (subject to hydrolysis) is 1. The largest absolute Gasteiger partial charge is 0.457 e. The van der Waals surface area contributed by atoms with E-state index in [4.69, 9.17) is 9.47 Å². The van der Waals surface area contributed by atoms with Crippen molar-refractivity contribution in [1.82, 2.24) is 10.0 Å². The van der Waals surface area contributed by atoms with Crippen molar-refractivity contribution in [3.63, 3.8) is 0 Å². The number of fused-ring (bicyclic) bond motifs is 1.